The molecule has 1 amide bonds. The molecular weight excluding hydrogens is 340 g/mol. The molecule has 0 saturated heterocycles. The average molecular weight is 352 g/mol. The lowest BCUT2D eigenvalue weighted by Crippen LogP contribution is -2.14. The van der Waals surface area contributed by atoms with Crippen LogP contribution in [0.2, 0.25) is 5.02 Å². The Bertz CT molecular complexity index is 432. The van der Waals surface area contributed by atoms with Crippen molar-refractivity contribution in [2.75, 3.05) is 6.61 Å². The molecule has 1 fully saturated rings. The predicted molar refractivity (Wildman–Crippen MR) is 70.9 cm³/mol. The normalized spacial score (nSPS) is 14.9. The zero-order chi connectivity index (χ0) is 11.7. The fourth-order valence-corrected chi connectivity index (χ4v) is 1.93. The van der Waals surface area contributed by atoms with Gasteiger partial charge in [-0.25, -0.2) is 0 Å². The summed E-state index contributed by atoms with van der Waals surface area (Å²) < 4.78 is 6.45. The van der Waals surface area contributed by atoms with E-state index in [9.17, 15) is 4.79 Å². The molecule has 0 radical (unpaired) electrons. The third kappa shape index (κ3) is 2.79. The lowest BCUT2D eigenvalue weighted by molar-refractivity contribution is 0.0996. The number of hydrogen-bond acceptors (Lipinski definition) is 2. The molecule has 1 aliphatic carbocycles. The molecule has 0 aromatic heterocycles. The maximum atomic E-state index is 11.2. The molecule has 0 bridgehead atoms. The second-order valence-electron chi connectivity index (χ2n) is 3.88. The van der Waals surface area contributed by atoms with Gasteiger partial charge in [0, 0.05) is 3.57 Å². The van der Waals surface area contributed by atoms with Crippen molar-refractivity contribution in [3.63, 3.8) is 0 Å². The van der Waals surface area contributed by atoms with Gasteiger partial charge in [0.15, 0.2) is 0 Å². The van der Waals surface area contributed by atoms with Gasteiger partial charge in [-0.1, -0.05) is 11.6 Å². The van der Waals surface area contributed by atoms with Crippen molar-refractivity contribution in [1.82, 2.24) is 0 Å². The summed E-state index contributed by atoms with van der Waals surface area (Å²) in [5.41, 5.74) is 5.63. The number of hydrogen-bond donors (Lipinski definition) is 1. The number of nitrogens with two attached hydrogens (primary N) is 1. The van der Waals surface area contributed by atoms with Crippen molar-refractivity contribution < 1.29 is 9.53 Å². The molecule has 1 aliphatic rings. The number of halogens is 2. The van der Waals surface area contributed by atoms with Crippen molar-refractivity contribution in [3.05, 3.63) is 26.3 Å². The van der Waals surface area contributed by atoms with E-state index in [1.807, 2.05) is 0 Å². The summed E-state index contributed by atoms with van der Waals surface area (Å²) in [5, 5.41) is 0.521. The lowest BCUT2D eigenvalue weighted by atomic mass is 10.2. The summed E-state index contributed by atoms with van der Waals surface area (Å²) in [5.74, 6) is 0.659. The first kappa shape index (κ1) is 12.0. The van der Waals surface area contributed by atoms with E-state index in [1.54, 1.807) is 12.1 Å². The molecule has 1 saturated carbocycles. The highest BCUT2D eigenvalue weighted by atomic mass is 127. The van der Waals surface area contributed by atoms with Crippen LogP contribution in [-0.2, 0) is 0 Å². The number of amides is 1. The van der Waals surface area contributed by atoms with Gasteiger partial charge in [-0.2, -0.15) is 0 Å². The predicted octanol–water partition coefficient (Wildman–Crippen LogP) is 2.83. The van der Waals surface area contributed by atoms with Crippen LogP contribution in [0.4, 0.5) is 0 Å². The molecule has 86 valence electrons. The minimum Gasteiger partial charge on any atom is -0.492 e. The Morgan fingerprint density at radius 2 is 2.25 bits per heavy atom. The Kier molecular flexibility index (Phi) is 3.59. The SMILES string of the molecule is NC(=O)c1cc(Cl)c(I)cc1OCC1CC1. The molecule has 2 N–H and O–H groups in total. The first-order valence-electron chi connectivity index (χ1n) is 4.99. The number of ether oxygens (including phenoxy) is 1. The average Bonchev–Trinajstić information content (AvgIpc) is 3.02. The van der Waals surface area contributed by atoms with Crippen LogP contribution in [0.15, 0.2) is 12.1 Å². The van der Waals surface area contributed by atoms with Crippen LogP contribution < -0.4 is 10.5 Å². The quantitative estimate of drug-likeness (QED) is 0.848. The highest BCUT2D eigenvalue weighted by Crippen LogP contribution is 2.32. The van der Waals surface area contributed by atoms with Crippen LogP contribution in [0, 0.1) is 9.49 Å². The Balaban J connectivity index is 2.24. The van der Waals surface area contributed by atoms with Crippen LogP contribution in [0.1, 0.15) is 23.2 Å². The molecule has 1 aromatic rings. The van der Waals surface area contributed by atoms with Crippen molar-refractivity contribution in [3.8, 4) is 5.75 Å². The number of rotatable bonds is 4. The molecule has 16 heavy (non-hydrogen) atoms. The van der Waals surface area contributed by atoms with Crippen LogP contribution >= 0.6 is 34.2 Å². The zero-order valence-electron chi connectivity index (χ0n) is 8.50. The second kappa shape index (κ2) is 4.79. The summed E-state index contributed by atoms with van der Waals surface area (Å²) in [6.07, 6.45) is 2.41. The van der Waals surface area contributed by atoms with E-state index in [4.69, 9.17) is 22.1 Å². The molecule has 0 aliphatic heterocycles. The Hall–Kier alpha value is -0.490. The van der Waals surface area contributed by atoms with Gasteiger partial charge in [0.2, 0.25) is 0 Å². The maximum Gasteiger partial charge on any atom is 0.252 e. The Morgan fingerprint density at radius 3 is 2.81 bits per heavy atom. The first-order valence-corrected chi connectivity index (χ1v) is 6.45. The van der Waals surface area contributed by atoms with E-state index >= 15 is 0 Å². The minimum atomic E-state index is -0.510. The van der Waals surface area contributed by atoms with Crippen molar-refractivity contribution >= 4 is 40.1 Å². The third-order valence-electron chi connectivity index (χ3n) is 2.46. The first-order chi connectivity index (χ1) is 7.58. The molecular formula is C11H11ClINO2. The molecule has 0 heterocycles. The molecule has 0 spiro atoms. The number of benzene rings is 1. The monoisotopic (exact) mass is 351 g/mol. The van der Waals surface area contributed by atoms with Crippen LogP contribution in [-0.4, -0.2) is 12.5 Å². The maximum absolute atomic E-state index is 11.2. The lowest BCUT2D eigenvalue weighted by Gasteiger charge is -2.10. The van der Waals surface area contributed by atoms with E-state index in [0.717, 1.165) is 3.57 Å². The summed E-state index contributed by atoms with van der Waals surface area (Å²) in [6.45, 7) is 0.651. The van der Waals surface area contributed by atoms with E-state index in [2.05, 4.69) is 22.6 Å². The standard InChI is InChI=1S/C11H11ClINO2/c12-8-3-7(11(14)15)10(4-9(8)13)16-5-6-1-2-6/h3-4,6H,1-2,5H2,(H2,14,15). The van der Waals surface area contributed by atoms with Gasteiger partial charge >= 0.3 is 0 Å². The van der Waals surface area contributed by atoms with Gasteiger partial charge in [0.1, 0.15) is 5.75 Å². The third-order valence-corrected chi connectivity index (χ3v) is 3.98. The van der Waals surface area contributed by atoms with Crippen molar-refractivity contribution in [2.45, 2.75) is 12.8 Å². The molecule has 2 rings (SSSR count). The molecule has 1 aromatic carbocycles. The smallest absolute Gasteiger partial charge is 0.252 e. The fraction of sp³-hybridized carbons (Fsp3) is 0.364. The van der Waals surface area contributed by atoms with Gasteiger partial charge in [-0.15, -0.1) is 0 Å². The van der Waals surface area contributed by atoms with Gasteiger partial charge in [-0.3, -0.25) is 4.79 Å². The van der Waals surface area contributed by atoms with Crippen LogP contribution in [0.5, 0.6) is 5.75 Å². The molecule has 5 heteroatoms. The van der Waals surface area contributed by atoms with Crippen LogP contribution in [0.25, 0.3) is 0 Å². The van der Waals surface area contributed by atoms with Gasteiger partial charge in [-0.05, 0) is 53.5 Å². The van der Waals surface area contributed by atoms with E-state index < -0.39 is 5.91 Å². The topological polar surface area (TPSA) is 52.3 Å². The van der Waals surface area contributed by atoms with Crippen LogP contribution in [0.3, 0.4) is 0 Å². The number of primary amides is 1. The van der Waals surface area contributed by atoms with Gasteiger partial charge in [0.05, 0.1) is 17.2 Å². The van der Waals surface area contributed by atoms with Gasteiger partial charge in [0.25, 0.3) is 5.91 Å². The number of carbonyl (C=O) groups excluding carboxylic acids is 1. The van der Waals surface area contributed by atoms with E-state index in [1.165, 1.54) is 12.8 Å². The van der Waals surface area contributed by atoms with Crippen molar-refractivity contribution in [1.29, 1.82) is 0 Å². The summed E-state index contributed by atoms with van der Waals surface area (Å²) in [4.78, 5) is 11.2. The van der Waals surface area contributed by atoms with Gasteiger partial charge < -0.3 is 10.5 Å². The van der Waals surface area contributed by atoms with Crippen molar-refractivity contribution in [2.24, 2.45) is 11.7 Å². The van der Waals surface area contributed by atoms with E-state index in [0.29, 0.717) is 28.9 Å². The molecule has 3 nitrogen and oxygen atoms in total. The largest absolute Gasteiger partial charge is 0.492 e. The number of carbonyl (C=O) groups is 1. The molecule has 0 atom stereocenters. The minimum absolute atomic E-state index is 0.353. The Morgan fingerprint density at radius 1 is 1.56 bits per heavy atom. The highest BCUT2D eigenvalue weighted by Gasteiger charge is 2.23. The highest BCUT2D eigenvalue weighted by molar-refractivity contribution is 14.1. The Labute approximate surface area is 112 Å². The second-order valence-corrected chi connectivity index (χ2v) is 5.45. The fourth-order valence-electron chi connectivity index (χ4n) is 1.33. The summed E-state index contributed by atoms with van der Waals surface area (Å²) in [7, 11) is 0. The van der Waals surface area contributed by atoms with E-state index in [-0.39, 0.29) is 0 Å². The summed E-state index contributed by atoms with van der Waals surface area (Å²) >= 11 is 8.03. The zero-order valence-corrected chi connectivity index (χ0v) is 11.4. The molecule has 0 unspecified atom stereocenters. The summed E-state index contributed by atoms with van der Waals surface area (Å²) in [6, 6.07) is 3.32.